The summed E-state index contributed by atoms with van der Waals surface area (Å²) in [5, 5.41) is 11.9. The number of carbonyl (C=O) groups is 2. The molecule has 0 aromatic heterocycles. The molecule has 0 radical (unpaired) electrons. The Morgan fingerprint density at radius 3 is 2.00 bits per heavy atom. The molecule has 0 aromatic rings. The lowest BCUT2D eigenvalue weighted by Gasteiger charge is -2.29. The second-order valence-electron chi connectivity index (χ2n) is 6.92. The van der Waals surface area contributed by atoms with Crippen molar-refractivity contribution >= 4 is 12.0 Å². The number of aliphatic carboxylic acids is 1. The van der Waals surface area contributed by atoms with Crippen molar-refractivity contribution in [3.63, 3.8) is 0 Å². The lowest BCUT2D eigenvalue weighted by atomic mass is 9.94. The lowest BCUT2D eigenvalue weighted by Crippen LogP contribution is -2.47. The number of hydrogen-bond acceptors (Lipinski definition) is 2. The van der Waals surface area contributed by atoms with Gasteiger partial charge in [-0.3, -0.25) is 4.79 Å². The first kappa shape index (κ1) is 19.7. The number of amides is 2. The van der Waals surface area contributed by atoms with Crippen LogP contribution in [-0.2, 0) is 4.79 Å². The third-order valence-electron chi connectivity index (χ3n) is 3.26. The van der Waals surface area contributed by atoms with Crippen LogP contribution in [0.3, 0.4) is 0 Å². The molecular formula is C16H32N2O3. The number of nitrogens with one attached hydrogen (secondary N) is 1. The molecule has 5 heteroatoms. The Morgan fingerprint density at radius 2 is 1.62 bits per heavy atom. The van der Waals surface area contributed by atoms with Crippen molar-refractivity contribution in [1.29, 1.82) is 0 Å². The molecule has 5 nitrogen and oxygen atoms in total. The van der Waals surface area contributed by atoms with E-state index in [4.69, 9.17) is 5.11 Å². The summed E-state index contributed by atoms with van der Waals surface area (Å²) in [6, 6.07) is 0.0354. The fourth-order valence-corrected chi connectivity index (χ4v) is 2.41. The van der Waals surface area contributed by atoms with E-state index in [0.29, 0.717) is 24.9 Å². The smallest absolute Gasteiger partial charge is 0.317 e. The Bertz CT molecular complexity index is 327. The molecule has 0 rings (SSSR count). The standard InChI is InChI=1S/C16H32N2O3/c1-11(2)7-14(8-15(19)20)9-17-16(21)18(13(5)6)10-12(3)4/h11-14H,7-10H2,1-6H3,(H,17,21)(H,19,20)/t14-/m0/s1. The predicted octanol–water partition coefficient (Wildman–Crippen LogP) is 3.20. The van der Waals surface area contributed by atoms with E-state index in [1.165, 1.54) is 0 Å². The molecule has 124 valence electrons. The van der Waals surface area contributed by atoms with E-state index in [1.54, 1.807) is 4.90 Å². The van der Waals surface area contributed by atoms with E-state index in [2.05, 4.69) is 33.0 Å². The Kier molecular flexibility index (Phi) is 9.06. The topological polar surface area (TPSA) is 69.6 Å². The summed E-state index contributed by atoms with van der Waals surface area (Å²) in [5.41, 5.74) is 0. The van der Waals surface area contributed by atoms with E-state index in [9.17, 15) is 9.59 Å². The molecule has 0 bridgehead atoms. The van der Waals surface area contributed by atoms with Crippen molar-refractivity contribution in [3.8, 4) is 0 Å². The molecule has 2 amide bonds. The molecule has 0 aromatic carbocycles. The Hall–Kier alpha value is -1.26. The Labute approximate surface area is 129 Å². The van der Waals surface area contributed by atoms with Gasteiger partial charge in [-0.2, -0.15) is 0 Å². The van der Waals surface area contributed by atoms with Crippen molar-refractivity contribution < 1.29 is 14.7 Å². The summed E-state index contributed by atoms with van der Waals surface area (Å²) in [6.45, 7) is 13.4. The van der Waals surface area contributed by atoms with Gasteiger partial charge < -0.3 is 15.3 Å². The van der Waals surface area contributed by atoms with Gasteiger partial charge in [0, 0.05) is 25.6 Å². The van der Waals surface area contributed by atoms with Gasteiger partial charge in [0.15, 0.2) is 0 Å². The van der Waals surface area contributed by atoms with Crippen LogP contribution in [0.25, 0.3) is 0 Å². The first-order valence-electron chi connectivity index (χ1n) is 7.89. The number of nitrogens with zero attached hydrogens (tertiary/aromatic N) is 1. The first-order chi connectivity index (χ1) is 9.63. The monoisotopic (exact) mass is 300 g/mol. The zero-order chi connectivity index (χ0) is 16.6. The van der Waals surface area contributed by atoms with Crippen LogP contribution in [-0.4, -0.2) is 41.1 Å². The molecule has 0 spiro atoms. The normalized spacial score (nSPS) is 12.8. The minimum absolute atomic E-state index is 0.0143. The second kappa shape index (κ2) is 9.64. The third-order valence-corrected chi connectivity index (χ3v) is 3.26. The van der Waals surface area contributed by atoms with E-state index in [1.807, 2.05) is 13.8 Å². The zero-order valence-corrected chi connectivity index (χ0v) is 14.3. The summed E-state index contributed by atoms with van der Waals surface area (Å²) in [4.78, 5) is 25.0. The summed E-state index contributed by atoms with van der Waals surface area (Å²) in [7, 11) is 0. The van der Waals surface area contributed by atoms with Crippen molar-refractivity contribution in [2.24, 2.45) is 17.8 Å². The summed E-state index contributed by atoms with van der Waals surface area (Å²) in [5.74, 6) is 0.00376. The Morgan fingerprint density at radius 1 is 1.05 bits per heavy atom. The van der Waals surface area contributed by atoms with Crippen LogP contribution in [0.15, 0.2) is 0 Å². The highest BCUT2D eigenvalue weighted by atomic mass is 16.4. The highest BCUT2D eigenvalue weighted by Crippen LogP contribution is 2.15. The van der Waals surface area contributed by atoms with Gasteiger partial charge in [-0.25, -0.2) is 4.79 Å². The maximum Gasteiger partial charge on any atom is 0.317 e. The minimum Gasteiger partial charge on any atom is -0.481 e. The molecule has 0 saturated heterocycles. The van der Waals surface area contributed by atoms with Gasteiger partial charge in [0.25, 0.3) is 0 Å². The highest BCUT2D eigenvalue weighted by molar-refractivity contribution is 5.74. The third kappa shape index (κ3) is 9.32. The van der Waals surface area contributed by atoms with E-state index >= 15 is 0 Å². The summed E-state index contributed by atoms with van der Waals surface area (Å²) >= 11 is 0. The molecule has 0 unspecified atom stereocenters. The summed E-state index contributed by atoms with van der Waals surface area (Å²) in [6.07, 6.45) is 0.906. The van der Waals surface area contributed by atoms with Crippen LogP contribution in [0.2, 0.25) is 0 Å². The van der Waals surface area contributed by atoms with Crippen LogP contribution in [0.4, 0.5) is 4.79 Å². The highest BCUT2D eigenvalue weighted by Gasteiger charge is 2.20. The van der Waals surface area contributed by atoms with Crippen molar-refractivity contribution in [1.82, 2.24) is 10.2 Å². The molecule has 2 N–H and O–H groups in total. The number of rotatable bonds is 9. The van der Waals surface area contributed by atoms with Crippen LogP contribution in [0.1, 0.15) is 54.4 Å². The molecule has 21 heavy (non-hydrogen) atoms. The number of urea groups is 1. The molecule has 0 saturated carbocycles. The van der Waals surface area contributed by atoms with Gasteiger partial charge >= 0.3 is 12.0 Å². The lowest BCUT2D eigenvalue weighted by molar-refractivity contribution is -0.138. The quantitative estimate of drug-likeness (QED) is 0.687. The van der Waals surface area contributed by atoms with Gasteiger partial charge in [-0.1, -0.05) is 27.7 Å². The molecule has 0 aliphatic carbocycles. The fourth-order valence-electron chi connectivity index (χ4n) is 2.41. The van der Waals surface area contributed by atoms with Gasteiger partial charge in [-0.05, 0) is 38.0 Å². The number of carboxylic acids is 1. The van der Waals surface area contributed by atoms with Crippen LogP contribution >= 0.6 is 0 Å². The van der Waals surface area contributed by atoms with Gasteiger partial charge in [0.05, 0.1) is 0 Å². The van der Waals surface area contributed by atoms with E-state index in [0.717, 1.165) is 6.42 Å². The minimum atomic E-state index is -0.808. The fraction of sp³-hybridized carbons (Fsp3) is 0.875. The average molecular weight is 300 g/mol. The van der Waals surface area contributed by atoms with Gasteiger partial charge in [0.2, 0.25) is 0 Å². The summed E-state index contributed by atoms with van der Waals surface area (Å²) < 4.78 is 0. The van der Waals surface area contributed by atoms with Gasteiger partial charge in [0.1, 0.15) is 0 Å². The maximum absolute atomic E-state index is 12.3. The molecular weight excluding hydrogens is 268 g/mol. The molecule has 0 aliphatic rings. The molecule has 0 heterocycles. The second-order valence-corrected chi connectivity index (χ2v) is 6.92. The molecule has 1 atom stereocenters. The SMILES string of the molecule is CC(C)C[C@H](CNC(=O)N(CC(C)C)C(C)C)CC(=O)O. The number of hydrogen-bond donors (Lipinski definition) is 2. The molecule has 0 fully saturated rings. The van der Waals surface area contributed by atoms with E-state index in [-0.39, 0.29) is 24.4 Å². The number of carbonyl (C=O) groups excluding carboxylic acids is 1. The van der Waals surface area contributed by atoms with Gasteiger partial charge in [-0.15, -0.1) is 0 Å². The zero-order valence-electron chi connectivity index (χ0n) is 14.3. The molecule has 0 aliphatic heterocycles. The van der Waals surface area contributed by atoms with Crippen molar-refractivity contribution in [2.75, 3.05) is 13.1 Å². The van der Waals surface area contributed by atoms with Crippen LogP contribution in [0, 0.1) is 17.8 Å². The average Bonchev–Trinajstić information content (AvgIpc) is 2.30. The largest absolute Gasteiger partial charge is 0.481 e. The predicted molar refractivity (Wildman–Crippen MR) is 85.3 cm³/mol. The maximum atomic E-state index is 12.3. The number of carboxylic acid groups (broad SMARTS) is 1. The van der Waals surface area contributed by atoms with E-state index < -0.39 is 5.97 Å². The Balaban J connectivity index is 4.53. The van der Waals surface area contributed by atoms with Crippen LogP contribution < -0.4 is 5.32 Å². The first-order valence-corrected chi connectivity index (χ1v) is 7.89. The van der Waals surface area contributed by atoms with Crippen LogP contribution in [0.5, 0.6) is 0 Å². The van der Waals surface area contributed by atoms with Crippen molar-refractivity contribution in [2.45, 2.75) is 60.4 Å². The van der Waals surface area contributed by atoms with Crippen molar-refractivity contribution in [3.05, 3.63) is 0 Å².